The number of hydrogen-bond acceptors (Lipinski definition) is 5. The van der Waals surface area contributed by atoms with Gasteiger partial charge in [0.1, 0.15) is 6.04 Å². The summed E-state index contributed by atoms with van der Waals surface area (Å²) in [4.78, 5) is 12.9. The minimum Gasteiger partial charge on any atom is -0.493 e. The topological polar surface area (TPSA) is 93.7 Å². The van der Waals surface area contributed by atoms with E-state index in [0.29, 0.717) is 5.56 Å². The average Bonchev–Trinajstić information content (AvgIpc) is 2.71. The van der Waals surface area contributed by atoms with Crippen molar-refractivity contribution in [1.82, 2.24) is 10.0 Å². The molecule has 0 aromatic heterocycles. The Morgan fingerprint density at radius 3 is 2.28 bits per heavy atom. The maximum absolute atomic E-state index is 12.8. The van der Waals surface area contributed by atoms with Gasteiger partial charge in [-0.2, -0.15) is 13.5 Å². The quantitative estimate of drug-likeness (QED) is 0.523. The molecule has 1 amide bonds. The highest BCUT2D eigenvalue weighted by Gasteiger charge is 2.26. The van der Waals surface area contributed by atoms with Crippen molar-refractivity contribution in [3.63, 3.8) is 0 Å². The van der Waals surface area contributed by atoms with E-state index in [0.717, 1.165) is 5.56 Å². The molecule has 0 saturated carbocycles. The number of rotatable bonds is 11. The number of hydrogen-bond donors (Lipinski definition) is 2. The van der Waals surface area contributed by atoms with E-state index < -0.39 is 28.6 Å². The summed E-state index contributed by atoms with van der Waals surface area (Å²) in [5.74, 6) is -0.517. The third-order valence-electron chi connectivity index (χ3n) is 4.56. The Balaban J connectivity index is 2.14. The van der Waals surface area contributed by atoms with E-state index in [4.69, 9.17) is 4.74 Å². The molecule has 2 aromatic rings. The van der Waals surface area contributed by atoms with E-state index in [1.165, 1.54) is 31.4 Å². The highest BCUT2D eigenvalue weighted by Crippen LogP contribution is 2.29. The Kier molecular flexibility index (Phi) is 8.97. The van der Waals surface area contributed by atoms with Gasteiger partial charge in [0, 0.05) is 6.54 Å². The first-order valence-electron chi connectivity index (χ1n) is 10.00. The third-order valence-corrected chi connectivity index (χ3v) is 6.05. The molecule has 0 aliphatic heterocycles. The van der Waals surface area contributed by atoms with Crippen LogP contribution in [0, 0.1) is 12.8 Å². The monoisotopic (exact) mass is 470 g/mol. The molecule has 7 nitrogen and oxygen atoms in total. The molecule has 0 fully saturated rings. The van der Waals surface area contributed by atoms with Gasteiger partial charge in [0.25, 0.3) is 0 Å². The van der Waals surface area contributed by atoms with Crippen LogP contribution in [0.4, 0.5) is 8.78 Å². The second kappa shape index (κ2) is 11.2. The van der Waals surface area contributed by atoms with Gasteiger partial charge in [0.15, 0.2) is 11.5 Å². The third kappa shape index (κ3) is 7.45. The Labute approximate surface area is 187 Å². The van der Waals surface area contributed by atoms with Crippen LogP contribution in [0.5, 0.6) is 11.5 Å². The normalized spacial score (nSPS) is 12.6. The molecule has 2 aromatic carbocycles. The van der Waals surface area contributed by atoms with Crippen molar-refractivity contribution in [1.29, 1.82) is 0 Å². The molecular weight excluding hydrogens is 442 g/mol. The minimum atomic E-state index is -3.91. The second-order valence-electron chi connectivity index (χ2n) is 7.70. The number of ether oxygens (including phenoxy) is 2. The zero-order chi connectivity index (χ0) is 23.9. The largest absolute Gasteiger partial charge is 0.493 e. The lowest BCUT2D eigenvalue weighted by Gasteiger charge is -2.20. The van der Waals surface area contributed by atoms with Crippen LogP contribution in [-0.4, -0.2) is 34.1 Å². The number of alkyl halides is 2. The zero-order valence-electron chi connectivity index (χ0n) is 18.4. The predicted octanol–water partition coefficient (Wildman–Crippen LogP) is 3.61. The number of halogens is 2. The Hall–Kier alpha value is -2.72. The van der Waals surface area contributed by atoms with Crippen LogP contribution in [0.2, 0.25) is 0 Å². The molecule has 176 valence electrons. The molecule has 2 rings (SSSR count). The van der Waals surface area contributed by atoms with E-state index in [2.05, 4.69) is 14.8 Å². The smallest absolute Gasteiger partial charge is 0.387 e. The molecule has 0 spiro atoms. The highest BCUT2D eigenvalue weighted by molar-refractivity contribution is 7.89. The van der Waals surface area contributed by atoms with Gasteiger partial charge in [-0.1, -0.05) is 37.6 Å². The van der Waals surface area contributed by atoms with E-state index in [1.807, 2.05) is 20.8 Å². The fourth-order valence-electron chi connectivity index (χ4n) is 2.98. The number of methoxy groups -OCH3 is 1. The van der Waals surface area contributed by atoms with Gasteiger partial charge in [-0.25, -0.2) is 8.42 Å². The summed E-state index contributed by atoms with van der Waals surface area (Å²) in [6.07, 6.45) is 0.277. The standard InChI is InChI=1S/C22H28F2N2O5S/c1-14(2)11-18(26-32(28,29)17-8-5-15(3)6-9-17)21(27)25-13-16-7-10-19(30-4)20(12-16)31-22(23)24/h5-10,12,14,18,22,26H,11,13H2,1-4H3,(H,25,27). The summed E-state index contributed by atoms with van der Waals surface area (Å²) in [5.41, 5.74) is 1.40. The summed E-state index contributed by atoms with van der Waals surface area (Å²) in [6.45, 7) is 2.55. The molecule has 1 atom stereocenters. The van der Waals surface area contributed by atoms with Crippen molar-refractivity contribution in [3.8, 4) is 11.5 Å². The van der Waals surface area contributed by atoms with Crippen molar-refractivity contribution in [3.05, 3.63) is 53.6 Å². The average molecular weight is 471 g/mol. The van der Waals surface area contributed by atoms with Crippen LogP contribution >= 0.6 is 0 Å². The first-order valence-corrected chi connectivity index (χ1v) is 11.5. The molecule has 0 bridgehead atoms. The highest BCUT2D eigenvalue weighted by atomic mass is 32.2. The lowest BCUT2D eigenvalue weighted by Crippen LogP contribution is -2.47. The minimum absolute atomic E-state index is 0.0106. The van der Waals surface area contributed by atoms with Gasteiger partial charge in [0.05, 0.1) is 12.0 Å². The lowest BCUT2D eigenvalue weighted by atomic mass is 10.0. The molecule has 10 heteroatoms. The summed E-state index contributed by atoms with van der Waals surface area (Å²) in [5, 5.41) is 2.66. The molecule has 0 aliphatic carbocycles. The molecule has 32 heavy (non-hydrogen) atoms. The summed E-state index contributed by atoms with van der Waals surface area (Å²) >= 11 is 0. The van der Waals surface area contributed by atoms with Gasteiger partial charge in [-0.15, -0.1) is 0 Å². The number of nitrogens with one attached hydrogen (secondary N) is 2. The van der Waals surface area contributed by atoms with Crippen LogP contribution in [0.15, 0.2) is 47.4 Å². The van der Waals surface area contributed by atoms with Crippen LogP contribution < -0.4 is 19.5 Å². The maximum Gasteiger partial charge on any atom is 0.387 e. The van der Waals surface area contributed by atoms with Crippen LogP contribution in [0.3, 0.4) is 0 Å². The summed E-state index contributed by atoms with van der Waals surface area (Å²) < 4.78 is 62.6. The molecule has 2 N–H and O–H groups in total. The van der Waals surface area contributed by atoms with E-state index >= 15 is 0 Å². The van der Waals surface area contributed by atoms with E-state index in [9.17, 15) is 22.0 Å². The Morgan fingerprint density at radius 2 is 1.72 bits per heavy atom. The fraction of sp³-hybridized carbons (Fsp3) is 0.409. The van der Waals surface area contributed by atoms with Gasteiger partial charge >= 0.3 is 6.61 Å². The predicted molar refractivity (Wildman–Crippen MR) is 116 cm³/mol. The van der Waals surface area contributed by atoms with Crippen molar-refractivity contribution in [2.45, 2.75) is 51.3 Å². The summed E-state index contributed by atoms with van der Waals surface area (Å²) in [6, 6.07) is 9.67. The van der Waals surface area contributed by atoms with Crippen LogP contribution in [0.25, 0.3) is 0 Å². The zero-order valence-corrected chi connectivity index (χ0v) is 19.2. The number of carbonyl (C=O) groups excluding carboxylic acids is 1. The second-order valence-corrected chi connectivity index (χ2v) is 9.41. The van der Waals surface area contributed by atoms with Gasteiger partial charge in [-0.05, 0) is 49.1 Å². The number of sulfonamides is 1. The number of amides is 1. The Bertz CT molecular complexity index is 1010. The molecule has 0 aliphatic rings. The summed E-state index contributed by atoms with van der Waals surface area (Å²) in [7, 11) is -2.58. The van der Waals surface area contributed by atoms with Crippen LogP contribution in [0.1, 0.15) is 31.4 Å². The first kappa shape index (κ1) is 25.5. The number of benzene rings is 2. The molecule has 0 heterocycles. The first-order chi connectivity index (χ1) is 15.0. The number of aryl methyl sites for hydroxylation is 1. The van der Waals surface area contributed by atoms with Crippen molar-refractivity contribution in [2.24, 2.45) is 5.92 Å². The van der Waals surface area contributed by atoms with Gasteiger partial charge < -0.3 is 14.8 Å². The fourth-order valence-corrected chi connectivity index (χ4v) is 4.19. The molecule has 0 saturated heterocycles. The van der Waals surface area contributed by atoms with Crippen molar-refractivity contribution in [2.75, 3.05) is 7.11 Å². The number of carbonyl (C=O) groups is 1. The van der Waals surface area contributed by atoms with E-state index in [1.54, 1.807) is 18.2 Å². The van der Waals surface area contributed by atoms with Gasteiger partial charge in [-0.3, -0.25) is 4.79 Å². The SMILES string of the molecule is COc1ccc(CNC(=O)C(CC(C)C)NS(=O)(=O)c2ccc(C)cc2)cc1OC(F)F. The van der Waals surface area contributed by atoms with Crippen molar-refractivity contribution >= 4 is 15.9 Å². The van der Waals surface area contributed by atoms with Crippen LogP contribution in [-0.2, 0) is 21.4 Å². The van der Waals surface area contributed by atoms with Gasteiger partial charge in [0.2, 0.25) is 15.9 Å². The maximum atomic E-state index is 12.8. The molecular formula is C22H28F2N2O5S. The Morgan fingerprint density at radius 1 is 1.06 bits per heavy atom. The molecule has 1 unspecified atom stereocenters. The van der Waals surface area contributed by atoms with Crippen molar-refractivity contribution < 1.29 is 31.5 Å². The lowest BCUT2D eigenvalue weighted by molar-refractivity contribution is -0.123. The molecule has 0 radical (unpaired) electrons. The van der Waals surface area contributed by atoms with E-state index in [-0.39, 0.29) is 35.3 Å².